The number of anilines is 1. The van der Waals surface area contributed by atoms with Crippen molar-refractivity contribution in [1.29, 1.82) is 0 Å². The van der Waals surface area contributed by atoms with Crippen molar-refractivity contribution in [1.82, 2.24) is 4.90 Å². The van der Waals surface area contributed by atoms with E-state index in [1.54, 1.807) is 6.07 Å². The highest BCUT2D eigenvalue weighted by Crippen LogP contribution is 2.14. The van der Waals surface area contributed by atoms with E-state index in [9.17, 15) is 4.39 Å². The van der Waals surface area contributed by atoms with Crippen molar-refractivity contribution in [2.24, 2.45) is 0 Å². The maximum absolute atomic E-state index is 13.9. The molecule has 1 fully saturated rings. The second kappa shape index (κ2) is 7.73. The van der Waals surface area contributed by atoms with Crippen molar-refractivity contribution in [2.75, 3.05) is 25.1 Å². The van der Waals surface area contributed by atoms with E-state index in [1.807, 2.05) is 30.3 Å². The van der Waals surface area contributed by atoms with Crippen LogP contribution in [0, 0.1) is 12.7 Å². The largest absolute Gasteiger partial charge is 0.332 e. The van der Waals surface area contributed by atoms with Crippen LogP contribution in [0.3, 0.4) is 0 Å². The number of hydrogen-bond acceptors (Lipinski definition) is 1. The van der Waals surface area contributed by atoms with Crippen LogP contribution in [-0.4, -0.2) is 29.8 Å². The molecule has 3 rings (SSSR count). The Morgan fingerprint density at radius 2 is 1.96 bits per heavy atom. The lowest BCUT2D eigenvalue weighted by atomic mass is 10.2. The summed E-state index contributed by atoms with van der Waals surface area (Å²) in [6.07, 6.45) is 1.05. The summed E-state index contributed by atoms with van der Waals surface area (Å²) in [5.74, 6) is -0.122. The summed E-state index contributed by atoms with van der Waals surface area (Å²) >= 11 is 5.59. The average Bonchev–Trinajstić information content (AvgIpc) is 2.59. The predicted octanol–water partition coefficient (Wildman–Crippen LogP) is 2.58. The van der Waals surface area contributed by atoms with Gasteiger partial charge in [0.05, 0.1) is 6.54 Å². The van der Waals surface area contributed by atoms with Crippen LogP contribution in [0.15, 0.2) is 48.5 Å². The number of aryl methyl sites for hydroxylation is 1. The van der Waals surface area contributed by atoms with E-state index >= 15 is 0 Å². The van der Waals surface area contributed by atoms with Crippen molar-refractivity contribution < 1.29 is 9.29 Å². The molecule has 0 bridgehead atoms. The first-order valence-corrected chi connectivity index (χ1v) is 8.73. The predicted molar refractivity (Wildman–Crippen MR) is 99.5 cm³/mol. The Morgan fingerprint density at radius 1 is 1.21 bits per heavy atom. The Morgan fingerprint density at radius 3 is 2.75 bits per heavy atom. The quantitative estimate of drug-likeness (QED) is 0.835. The minimum atomic E-state index is -0.122. The molecule has 24 heavy (non-hydrogen) atoms. The van der Waals surface area contributed by atoms with Gasteiger partial charge in [-0.15, -0.1) is 0 Å². The Bertz CT molecular complexity index is 719. The molecule has 2 aromatic rings. The summed E-state index contributed by atoms with van der Waals surface area (Å²) in [6.45, 7) is 5.54. The van der Waals surface area contributed by atoms with Gasteiger partial charge in [0.25, 0.3) is 0 Å². The zero-order chi connectivity index (χ0) is 16.9. The molecule has 2 aromatic carbocycles. The molecule has 1 aliphatic rings. The number of nitrogens with zero attached hydrogens (tertiary/aromatic N) is 1. The smallest absolute Gasteiger partial charge is 0.177 e. The van der Waals surface area contributed by atoms with Gasteiger partial charge in [-0.1, -0.05) is 36.4 Å². The van der Waals surface area contributed by atoms with Crippen LogP contribution in [0.1, 0.15) is 17.5 Å². The van der Waals surface area contributed by atoms with Crippen molar-refractivity contribution in [3.05, 3.63) is 65.5 Å². The number of rotatable bonds is 3. The third-order valence-corrected chi connectivity index (χ3v) is 4.81. The maximum atomic E-state index is 13.9. The second-order valence-corrected chi connectivity index (χ2v) is 6.68. The normalized spacial score (nSPS) is 17.6. The van der Waals surface area contributed by atoms with Crippen molar-refractivity contribution in [3.8, 4) is 0 Å². The first-order valence-electron chi connectivity index (χ1n) is 8.32. The van der Waals surface area contributed by atoms with Crippen LogP contribution in [0.4, 0.5) is 10.1 Å². The first kappa shape index (κ1) is 16.9. The Balaban J connectivity index is 1.62. The molecule has 126 valence electrons. The molecule has 1 unspecified atom stereocenters. The molecule has 3 nitrogen and oxygen atoms in total. The number of quaternary nitrogens is 1. The number of para-hydroxylation sites is 1. The topological polar surface area (TPSA) is 19.7 Å². The average molecular weight is 344 g/mol. The third kappa shape index (κ3) is 4.10. The van der Waals surface area contributed by atoms with Crippen LogP contribution < -0.4 is 10.2 Å². The molecule has 0 aliphatic carbocycles. The van der Waals surface area contributed by atoms with Gasteiger partial charge in [0.15, 0.2) is 11.8 Å². The lowest BCUT2D eigenvalue weighted by molar-refractivity contribution is -0.927. The molecule has 1 heterocycles. The van der Waals surface area contributed by atoms with Gasteiger partial charge in [0.1, 0.15) is 12.4 Å². The summed E-state index contributed by atoms with van der Waals surface area (Å²) in [6, 6.07) is 15.1. The lowest BCUT2D eigenvalue weighted by Crippen LogP contribution is -3.13. The minimum Gasteiger partial charge on any atom is -0.332 e. The summed E-state index contributed by atoms with van der Waals surface area (Å²) < 4.78 is 13.9. The van der Waals surface area contributed by atoms with E-state index in [1.165, 1.54) is 16.5 Å². The molecule has 0 aromatic heterocycles. The van der Waals surface area contributed by atoms with E-state index < -0.39 is 0 Å². The van der Waals surface area contributed by atoms with Crippen molar-refractivity contribution in [2.45, 2.75) is 19.9 Å². The summed E-state index contributed by atoms with van der Waals surface area (Å²) in [5.41, 5.74) is 2.99. The van der Waals surface area contributed by atoms with E-state index in [4.69, 9.17) is 12.2 Å². The Kier molecular flexibility index (Phi) is 5.43. The Hall–Kier alpha value is -1.98. The fraction of sp³-hybridized carbons (Fsp3) is 0.316. The third-order valence-electron chi connectivity index (χ3n) is 4.44. The van der Waals surface area contributed by atoms with Crippen LogP contribution in [0.2, 0.25) is 0 Å². The zero-order valence-electron chi connectivity index (χ0n) is 13.9. The molecular weight excluding hydrogens is 321 g/mol. The number of hydrogen-bond donors (Lipinski definition) is 2. The molecule has 1 saturated heterocycles. The SMILES string of the molecule is Cc1ccccc1NC(=S)N1CCC[NH+](Cc2ccccc2F)C1. The van der Waals surface area contributed by atoms with Crippen molar-refractivity contribution in [3.63, 3.8) is 0 Å². The van der Waals surface area contributed by atoms with E-state index in [2.05, 4.69) is 23.2 Å². The number of thiocarbonyl (C=S) groups is 1. The molecule has 0 saturated carbocycles. The Labute approximate surface area is 148 Å². The summed E-state index contributed by atoms with van der Waals surface area (Å²) in [5, 5.41) is 4.09. The van der Waals surface area contributed by atoms with Crippen LogP contribution >= 0.6 is 12.2 Å². The van der Waals surface area contributed by atoms with Gasteiger partial charge in [-0.3, -0.25) is 0 Å². The van der Waals surface area contributed by atoms with Crippen LogP contribution in [0.25, 0.3) is 0 Å². The van der Waals surface area contributed by atoms with Gasteiger partial charge >= 0.3 is 0 Å². The zero-order valence-corrected chi connectivity index (χ0v) is 14.7. The number of nitrogens with one attached hydrogen (secondary N) is 2. The molecular formula is C19H23FN3S+. The second-order valence-electron chi connectivity index (χ2n) is 6.29. The van der Waals surface area contributed by atoms with Gasteiger partial charge in [-0.2, -0.15) is 0 Å². The highest BCUT2D eigenvalue weighted by molar-refractivity contribution is 7.80. The molecule has 1 atom stereocenters. The van der Waals surface area contributed by atoms with E-state index in [-0.39, 0.29) is 5.82 Å². The monoisotopic (exact) mass is 344 g/mol. The maximum Gasteiger partial charge on any atom is 0.177 e. The molecule has 2 N–H and O–H groups in total. The summed E-state index contributed by atoms with van der Waals surface area (Å²) in [7, 11) is 0. The van der Waals surface area contributed by atoms with Crippen molar-refractivity contribution >= 4 is 23.0 Å². The standard InChI is InChI=1S/C19H22FN3S/c1-15-7-2-5-10-18(15)21-19(24)23-12-6-11-22(14-23)13-16-8-3-4-9-17(16)20/h2-5,7-10H,6,11-14H2,1H3,(H,21,24)/p+1. The van der Waals surface area contributed by atoms with Gasteiger partial charge in [0.2, 0.25) is 0 Å². The molecule has 1 aliphatic heterocycles. The fourth-order valence-electron chi connectivity index (χ4n) is 3.08. The highest BCUT2D eigenvalue weighted by atomic mass is 32.1. The molecule has 0 amide bonds. The lowest BCUT2D eigenvalue weighted by Gasteiger charge is -2.34. The molecule has 0 spiro atoms. The van der Waals surface area contributed by atoms with Gasteiger partial charge in [0, 0.05) is 24.2 Å². The number of halogens is 1. The number of benzene rings is 2. The molecule has 0 radical (unpaired) electrons. The minimum absolute atomic E-state index is 0.122. The van der Waals surface area contributed by atoms with Crippen LogP contribution in [-0.2, 0) is 6.54 Å². The fourth-order valence-corrected chi connectivity index (χ4v) is 3.35. The van der Waals surface area contributed by atoms with Gasteiger partial charge in [-0.05, 0) is 36.8 Å². The first-order chi connectivity index (χ1) is 11.6. The summed E-state index contributed by atoms with van der Waals surface area (Å²) in [4.78, 5) is 3.52. The van der Waals surface area contributed by atoms with Gasteiger partial charge in [-0.25, -0.2) is 4.39 Å². The van der Waals surface area contributed by atoms with Gasteiger partial charge < -0.3 is 15.1 Å². The van der Waals surface area contributed by atoms with Crippen LogP contribution in [0.5, 0.6) is 0 Å². The molecule has 5 heteroatoms. The highest BCUT2D eigenvalue weighted by Gasteiger charge is 2.23. The van der Waals surface area contributed by atoms with E-state index in [0.29, 0.717) is 6.54 Å². The van der Waals surface area contributed by atoms with E-state index in [0.717, 1.165) is 42.5 Å².